The van der Waals surface area contributed by atoms with E-state index < -0.39 is 0 Å². The average Bonchev–Trinajstić information content (AvgIpc) is 2.49. The van der Waals surface area contributed by atoms with Crippen LogP contribution in [0.15, 0.2) is 54.6 Å². The molecule has 0 fully saturated rings. The lowest BCUT2D eigenvalue weighted by Gasteiger charge is -2.08. The summed E-state index contributed by atoms with van der Waals surface area (Å²) in [7, 11) is 0. The lowest BCUT2D eigenvalue weighted by atomic mass is 10.0. The highest BCUT2D eigenvalue weighted by molar-refractivity contribution is 5.28. The molecule has 0 aliphatic heterocycles. The average molecular weight is 281 g/mol. The molecule has 0 bridgehead atoms. The molecule has 2 aromatic carbocycles. The molecule has 0 amide bonds. The molecule has 0 heterocycles. The number of hydrogen-bond donors (Lipinski definition) is 1. The Kier molecular flexibility index (Phi) is 6.49. The molecule has 2 rings (SSSR count). The quantitative estimate of drug-likeness (QED) is 0.697. The van der Waals surface area contributed by atoms with Gasteiger partial charge in [0.25, 0.3) is 0 Å². The first kappa shape index (κ1) is 15.8. The summed E-state index contributed by atoms with van der Waals surface area (Å²) >= 11 is 0. The molecule has 0 aliphatic rings. The summed E-state index contributed by atoms with van der Waals surface area (Å²) in [5, 5.41) is 3.47. The van der Waals surface area contributed by atoms with Gasteiger partial charge in [-0.25, -0.2) is 0 Å². The Morgan fingerprint density at radius 1 is 0.762 bits per heavy atom. The maximum absolute atomic E-state index is 3.47. The molecule has 0 unspecified atom stereocenters. The predicted molar refractivity (Wildman–Crippen MR) is 91.8 cm³/mol. The van der Waals surface area contributed by atoms with Gasteiger partial charge in [-0.3, -0.25) is 0 Å². The Labute approximate surface area is 129 Å². The second kappa shape index (κ2) is 8.63. The summed E-state index contributed by atoms with van der Waals surface area (Å²) in [6, 6.07) is 20.4. The van der Waals surface area contributed by atoms with Crippen molar-refractivity contribution in [3.8, 4) is 0 Å². The van der Waals surface area contributed by atoms with E-state index in [2.05, 4.69) is 73.8 Å². The second-order valence-corrected chi connectivity index (χ2v) is 6.04. The van der Waals surface area contributed by atoms with Crippen LogP contribution in [0.2, 0.25) is 0 Å². The molecule has 0 atom stereocenters. The molecule has 0 saturated heterocycles. The van der Waals surface area contributed by atoms with Crippen molar-refractivity contribution in [3.63, 3.8) is 0 Å². The first-order chi connectivity index (χ1) is 10.2. The van der Waals surface area contributed by atoms with Crippen LogP contribution in [0.5, 0.6) is 0 Å². The van der Waals surface area contributed by atoms with Gasteiger partial charge in [-0.2, -0.15) is 0 Å². The number of nitrogens with one attached hydrogen (secondary N) is 1. The first-order valence-corrected chi connectivity index (χ1v) is 8.09. The van der Waals surface area contributed by atoms with Gasteiger partial charge in [-0.15, -0.1) is 0 Å². The molecule has 1 N–H and O–H groups in total. The van der Waals surface area contributed by atoms with Crippen LogP contribution >= 0.6 is 0 Å². The fraction of sp³-hybridized carbons (Fsp3) is 0.400. The lowest BCUT2D eigenvalue weighted by molar-refractivity contribution is 0.557. The molecular weight excluding hydrogens is 254 g/mol. The van der Waals surface area contributed by atoms with Crippen molar-refractivity contribution in [1.29, 1.82) is 0 Å². The Morgan fingerprint density at radius 2 is 1.38 bits per heavy atom. The third kappa shape index (κ3) is 6.14. The smallest absolute Gasteiger partial charge is 0.00103 e. The van der Waals surface area contributed by atoms with Crippen LogP contribution in [0.3, 0.4) is 0 Å². The minimum atomic E-state index is 0.599. The van der Waals surface area contributed by atoms with E-state index in [1.54, 1.807) is 0 Å². The number of unbranched alkanes of at least 4 members (excludes halogenated alkanes) is 1. The van der Waals surface area contributed by atoms with Crippen LogP contribution in [-0.2, 0) is 12.8 Å². The molecule has 0 spiro atoms. The largest absolute Gasteiger partial charge is 0.315 e. The van der Waals surface area contributed by atoms with Crippen molar-refractivity contribution in [2.24, 2.45) is 0 Å². The zero-order valence-electron chi connectivity index (χ0n) is 13.3. The first-order valence-electron chi connectivity index (χ1n) is 8.09. The maximum atomic E-state index is 3.47. The van der Waals surface area contributed by atoms with E-state index in [1.807, 2.05) is 0 Å². The Morgan fingerprint density at radius 3 is 2.05 bits per heavy atom. The molecule has 1 nitrogen and oxygen atoms in total. The van der Waals surface area contributed by atoms with Crippen molar-refractivity contribution in [3.05, 3.63) is 71.3 Å². The maximum Gasteiger partial charge on any atom is 0.00103 e. The highest BCUT2D eigenvalue weighted by Gasteiger charge is 1.98. The summed E-state index contributed by atoms with van der Waals surface area (Å²) in [5.74, 6) is 0. The Bertz CT molecular complexity index is 499. The summed E-state index contributed by atoms with van der Waals surface area (Å²) in [6.45, 7) is 5.53. The van der Waals surface area contributed by atoms with Gasteiger partial charge in [0.1, 0.15) is 0 Å². The standard InChI is InChI=1S/C20H27N/c1-17(2)21-15-7-6-8-18-11-13-20(14-12-18)16-19-9-4-3-5-10-19/h3-5,9-14,17,21H,6-8,15-16H2,1-2H3. The van der Waals surface area contributed by atoms with Crippen molar-refractivity contribution < 1.29 is 0 Å². The molecule has 0 aromatic heterocycles. The van der Waals surface area contributed by atoms with Crippen LogP contribution in [0.1, 0.15) is 43.4 Å². The third-order valence-electron chi connectivity index (χ3n) is 3.72. The fourth-order valence-corrected chi connectivity index (χ4v) is 2.50. The normalized spacial score (nSPS) is 11.0. The molecule has 2 aromatic rings. The summed E-state index contributed by atoms with van der Waals surface area (Å²) in [4.78, 5) is 0. The van der Waals surface area contributed by atoms with E-state index >= 15 is 0 Å². The van der Waals surface area contributed by atoms with Gasteiger partial charge >= 0.3 is 0 Å². The van der Waals surface area contributed by atoms with Crippen molar-refractivity contribution in [1.82, 2.24) is 5.32 Å². The SMILES string of the molecule is CC(C)NCCCCc1ccc(Cc2ccccc2)cc1. The molecular formula is C20H27N. The van der Waals surface area contributed by atoms with Crippen LogP contribution < -0.4 is 5.32 Å². The minimum absolute atomic E-state index is 0.599. The van der Waals surface area contributed by atoms with E-state index in [0.29, 0.717) is 6.04 Å². The highest BCUT2D eigenvalue weighted by atomic mass is 14.9. The van der Waals surface area contributed by atoms with E-state index in [9.17, 15) is 0 Å². The van der Waals surface area contributed by atoms with Gasteiger partial charge < -0.3 is 5.32 Å². The predicted octanol–water partition coefficient (Wildman–Crippen LogP) is 4.60. The number of benzene rings is 2. The topological polar surface area (TPSA) is 12.0 Å². The van der Waals surface area contributed by atoms with Crippen molar-refractivity contribution in [2.75, 3.05) is 6.54 Å². The van der Waals surface area contributed by atoms with Gasteiger partial charge in [0, 0.05) is 6.04 Å². The van der Waals surface area contributed by atoms with Crippen LogP contribution in [0, 0.1) is 0 Å². The molecule has 0 radical (unpaired) electrons. The molecule has 1 heteroatoms. The number of hydrogen-bond acceptors (Lipinski definition) is 1. The minimum Gasteiger partial charge on any atom is -0.315 e. The monoisotopic (exact) mass is 281 g/mol. The second-order valence-electron chi connectivity index (χ2n) is 6.04. The molecule has 21 heavy (non-hydrogen) atoms. The summed E-state index contributed by atoms with van der Waals surface area (Å²) < 4.78 is 0. The summed E-state index contributed by atoms with van der Waals surface area (Å²) in [5.41, 5.74) is 4.23. The summed E-state index contributed by atoms with van der Waals surface area (Å²) in [6.07, 6.45) is 4.73. The van der Waals surface area contributed by atoms with E-state index in [0.717, 1.165) is 13.0 Å². The number of rotatable bonds is 8. The highest BCUT2D eigenvalue weighted by Crippen LogP contribution is 2.12. The zero-order valence-corrected chi connectivity index (χ0v) is 13.3. The molecule has 0 aliphatic carbocycles. The van der Waals surface area contributed by atoms with E-state index in [-0.39, 0.29) is 0 Å². The van der Waals surface area contributed by atoms with Gasteiger partial charge in [0.2, 0.25) is 0 Å². The van der Waals surface area contributed by atoms with Crippen molar-refractivity contribution >= 4 is 0 Å². The van der Waals surface area contributed by atoms with Gasteiger partial charge in [-0.05, 0) is 48.9 Å². The van der Waals surface area contributed by atoms with E-state index in [1.165, 1.54) is 36.0 Å². The fourth-order valence-electron chi connectivity index (χ4n) is 2.50. The van der Waals surface area contributed by atoms with Crippen molar-refractivity contribution in [2.45, 2.75) is 45.6 Å². The Hall–Kier alpha value is -1.60. The van der Waals surface area contributed by atoms with Crippen LogP contribution in [-0.4, -0.2) is 12.6 Å². The molecule has 0 saturated carbocycles. The molecule has 112 valence electrons. The van der Waals surface area contributed by atoms with E-state index in [4.69, 9.17) is 0 Å². The Balaban J connectivity index is 1.74. The van der Waals surface area contributed by atoms with Gasteiger partial charge in [0.15, 0.2) is 0 Å². The number of aryl methyl sites for hydroxylation is 1. The van der Waals surface area contributed by atoms with Gasteiger partial charge in [-0.1, -0.05) is 68.4 Å². The van der Waals surface area contributed by atoms with Crippen LogP contribution in [0.25, 0.3) is 0 Å². The lowest BCUT2D eigenvalue weighted by Crippen LogP contribution is -2.23. The van der Waals surface area contributed by atoms with Gasteiger partial charge in [0.05, 0.1) is 0 Å². The third-order valence-corrected chi connectivity index (χ3v) is 3.72. The van der Waals surface area contributed by atoms with Crippen LogP contribution in [0.4, 0.5) is 0 Å². The zero-order chi connectivity index (χ0) is 14.9.